The molecule has 0 amide bonds. The second-order valence-corrected chi connectivity index (χ2v) is 6.64. The zero-order valence-corrected chi connectivity index (χ0v) is 16.7. The highest BCUT2D eigenvalue weighted by molar-refractivity contribution is 8.13. The first-order valence-corrected chi connectivity index (χ1v) is 9.67. The van der Waals surface area contributed by atoms with Crippen LogP contribution in [0.3, 0.4) is 0 Å². The van der Waals surface area contributed by atoms with E-state index in [2.05, 4.69) is 20.5 Å². The molecule has 0 fully saturated rings. The second kappa shape index (κ2) is 8.83. The van der Waals surface area contributed by atoms with E-state index in [4.69, 9.17) is 21.1 Å². The second-order valence-electron chi connectivity index (χ2n) is 5.44. The number of hydrogen-bond donors (Lipinski definition) is 2. The molecule has 140 valence electrons. The third-order valence-corrected chi connectivity index (χ3v) is 4.65. The first kappa shape index (κ1) is 19.1. The van der Waals surface area contributed by atoms with Crippen LogP contribution in [0.15, 0.2) is 53.5 Å². The number of nitrogens with one attached hydrogen (secondary N) is 2. The topological polar surface area (TPSA) is 71.5 Å². The molecule has 0 aliphatic carbocycles. The summed E-state index contributed by atoms with van der Waals surface area (Å²) in [6.45, 7) is 0. The highest BCUT2D eigenvalue weighted by Gasteiger charge is 2.09. The maximum atomic E-state index is 6.18. The van der Waals surface area contributed by atoms with Gasteiger partial charge in [-0.25, -0.2) is 4.99 Å². The Labute approximate surface area is 167 Å². The van der Waals surface area contributed by atoms with E-state index >= 15 is 0 Å². The number of aromatic amines is 1. The number of H-pyrrole nitrogens is 1. The Morgan fingerprint density at radius 1 is 1.11 bits per heavy atom. The van der Waals surface area contributed by atoms with Gasteiger partial charge in [-0.2, -0.15) is 5.10 Å². The molecular formula is C19H19ClN4O2S. The van der Waals surface area contributed by atoms with Crippen molar-refractivity contribution in [3.05, 3.63) is 53.6 Å². The molecular weight excluding hydrogens is 384 g/mol. The van der Waals surface area contributed by atoms with Crippen LogP contribution in [-0.4, -0.2) is 35.8 Å². The number of aromatic nitrogens is 2. The van der Waals surface area contributed by atoms with Gasteiger partial charge < -0.3 is 14.8 Å². The number of aliphatic imine (C=N–C) groups is 1. The summed E-state index contributed by atoms with van der Waals surface area (Å²) in [4.78, 5) is 4.56. The van der Waals surface area contributed by atoms with Crippen LogP contribution in [0.1, 0.15) is 0 Å². The van der Waals surface area contributed by atoms with Crippen molar-refractivity contribution in [3.8, 4) is 22.8 Å². The van der Waals surface area contributed by atoms with Gasteiger partial charge in [0.15, 0.2) is 11.0 Å². The number of benzene rings is 2. The van der Waals surface area contributed by atoms with Gasteiger partial charge in [-0.3, -0.25) is 5.10 Å². The fraction of sp³-hybridized carbons (Fsp3) is 0.158. The van der Waals surface area contributed by atoms with E-state index in [0.29, 0.717) is 21.8 Å². The van der Waals surface area contributed by atoms with E-state index in [-0.39, 0.29) is 0 Å². The number of rotatable bonds is 5. The summed E-state index contributed by atoms with van der Waals surface area (Å²) < 4.78 is 10.6. The average molecular weight is 403 g/mol. The van der Waals surface area contributed by atoms with Gasteiger partial charge in [-0.15, -0.1) is 0 Å². The first-order valence-electron chi connectivity index (χ1n) is 8.06. The number of ether oxygens (including phenoxy) is 2. The Morgan fingerprint density at radius 2 is 1.89 bits per heavy atom. The van der Waals surface area contributed by atoms with Crippen molar-refractivity contribution < 1.29 is 9.47 Å². The molecule has 0 spiro atoms. The van der Waals surface area contributed by atoms with Crippen molar-refractivity contribution in [3.63, 3.8) is 0 Å². The lowest BCUT2D eigenvalue weighted by molar-refractivity contribution is 0.415. The van der Waals surface area contributed by atoms with Gasteiger partial charge in [0.05, 0.1) is 24.9 Å². The van der Waals surface area contributed by atoms with Gasteiger partial charge in [0, 0.05) is 17.3 Å². The van der Waals surface area contributed by atoms with Gasteiger partial charge in [0.25, 0.3) is 0 Å². The average Bonchev–Trinajstić information content (AvgIpc) is 3.16. The molecule has 0 bridgehead atoms. The van der Waals surface area contributed by atoms with Gasteiger partial charge in [0.2, 0.25) is 0 Å². The van der Waals surface area contributed by atoms with Crippen LogP contribution in [0.2, 0.25) is 5.02 Å². The maximum Gasteiger partial charge on any atom is 0.176 e. The molecule has 27 heavy (non-hydrogen) atoms. The molecule has 0 aliphatic heterocycles. The summed E-state index contributed by atoms with van der Waals surface area (Å²) in [5.41, 5.74) is 2.57. The predicted octanol–water partition coefficient (Wildman–Crippen LogP) is 5.21. The first-order chi connectivity index (χ1) is 13.1. The molecule has 1 aromatic heterocycles. The summed E-state index contributed by atoms with van der Waals surface area (Å²) >= 11 is 7.65. The maximum absolute atomic E-state index is 6.18. The number of amidine groups is 1. The van der Waals surface area contributed by atoms with Crippen LogP contribution in [0, 0.1) is 0 Å². The van der Waals surface area contributed by atoms with Crippen LogP contribution in [0.4, 0.5) is 11.5 Å². The Kier molecular flexibility index (Phi) is 6.26. The van der Waals surface area contributed by atoms with Crippen molar-refractivity contribution in [2.24, 2.45) is 4.99 Å². The highest BCUT2D eigenvalue weighted by atomic mass is 35.5. The zero-order chi connectivity index (χ0) is 19.2. The molecule has 0 radical (unpaired) electrons. The van der Waals surface area contributed by atoms with E-state index in [9.17, 15) is 0 Å². The molecule has 3 aromatic rings. The molecule has 0 unspecified atom stereocenters. The lowest BCUT2D eigenvalue weighted by Crippen LogP contribution is -2.06. The number of thioether (sulfide) groups is 1. The Hall–Kier alpha value is -2.64. The quantitative estimate of drug-likeness (QED) is 0.452. The minimum Gasteiger partial charge on any atom is -0.496 e. The summed E-state index contributed by atoms with van der Waals surface area (Å²) in [7, 11) is 3.23. The van der Waals surface area contributed by atoms with Gasteiger partial charge >= 0.3 is 0 Å². The minimum atomic E-state index is 0.529. The summed E-state index contributed by atoms with van der Waals surface area (Å²) in [6.07, 6.45) is 1.94. The predicted molar refractivity (Wildman–Crippen MR) is 113 cm³/mol. The smallest absolute Gasteiger partial charge is 0.176 e. The summed E-state index contributed by atoms with van der Waals surface area (Å²) in [5, 5.41) is 11.7. The molecule has 2 aromatic carbocycles. The van der Waals surface area contributed by atoms with Gasteiger partial charge in [-0.05, 0) is 36.6 Å². The standard InChI is InChI=1S/C19H19ClN4O2S/c1-25-16-7-5-4-6-13(16)15-11-18(24-23-15)22-19(27-3)21-12-8-9-17(26-2)14(20)10-12/h4-11H,1-3H3,(H2,21,22,23,24). The Balaban J connectivity index is 1.82. The van der Waals surface area contributed by atoms with Crippen LogP contribution in [0.25, 0.3) is 11.3 Å². The van der Waals surface area contributed by atoms with Crippen LogP contribution in [0.5, 0.6) is 11.5 Å². The fourth-order valence-electron chi connectivity index (χ4n) is 2.47. The number of hydrogen-bond acceptors (Lipinski definition) is 5. The molecule has 0 aliphatic rings. The van der Waals surface area contributed by atoms with Crippen molar-refractivity contribution in [2.75, 3.05) is 25.8 Å². The number of halogens is 1. The summed E-state index contributed by atoms with van der Waals surface area (Å²) in [6, 6.07) is 15.1. The van der Waals surface area contributed by atoms with E-state index in [1.165, 1.54) is 11.8 Å². The SMILES string of the molecule is COc1ccc(NC(=Nc2cc(-c3ccccc3OC)[nH]n2)SC)cc1Cl. The molecule has 3 rings (SSSR count). The van der Waals surface area contributed by atoms with Crippen molar-refractivity contribution in [2.45, 2.75) is 0 Å². The molecule has 0 atom stereocenters. The monoisotopic (exact) mass is 402 g/mol. The van der Waals surface area contributed by atoms with Crippen LogP contribution in [-0.2, 0) is 0 Å². The number of methoxy groups -OCH3 is 2. The molecule has 1 heterocycles. The number of para-hydroxylation sites is 1. The zero-order valence-electron chi connectivity index (χ0n) is 15.1. The van der Waals surface area contributed by atoms with Gasteiger partial charge in [0.1, 0.15) is 11.5 Å². The number of anilines is 1. The largest absolute Gasteiger partial charge is 0.496 e. The van der Waals surface area contributed by atoms with Crippen molar-refractivity contribution in [1.29, 1.82) is 0 Å². The van der Waals surface area contributed by atoms with Crippen molar-refractivity contribution in [1.82, 2.24) is 10.2 Å². The highest BCUT2D eigenvalue weighted by Crippen LogP contribution is 2.31. The van der Waals surface area contributed by atoms with Crippen LogP contribution >= 0.6 is 23.4 Å². The Morgan fingerprint density at radius 3 is 2.59 bits per heavy atom. The molecule has 2 N–H and O–H groups in total. The Bertz CT molecular complexity index is 958. The molecule has 0 saturated heterocycles. The lowest BCUT2D eigenvalue weighted by atomic mass is 10.1. The van der Waals surface area contributed by atoms with E-state index in [1.807, 2.05) is 42.7 Å². The van der Waals surface area contributed by atoms with Crippen molar-refractivity contribution >= 4 is 40.0 Å². The fourth-order valence-corrected chi connectivity index (χ4v) is 3.13. The minimum absolute atomic E-state index is 0.529. The molecule has 0 saturated carbocycles. The third-order valence-electron chi connectivity index (χ3n) is 3.77. The van der Waals surface area contributed by atoms with E-state index < -0.39 is 0 Å². The lowest BCUT2D eigenvalue weighted by Gasteiger charge is -2.09. The normalized spacial score (nSPS) is 11.3. The van der Waals surface area contributed by atoms with E-state index in [0.717, 1.165) is 22.7 Å². The molecule has 8 heteroatoms. The molecule has 6 nitrogen and oxygen atoms in total. The van der Waals surface area contributed by atoms with E-state index in [1.54, 1.807) is 26.4 Å². The number of nitrogens with zero attached hydrogens (tertiary/aromatic N) is 2. The summed E-state index contributed by atoms with van der Waals surface area (Å²) in [5.74, 6) is 1.96. The van der Waals surface area contributed by atoms with Gasteiger partial charge in [-0.1, -0.05) is 35.5 Å². The third kappa shape index (κ3) is 4.56. The van der Waals surface area contributed by atoms with Crippen LogP contribution < -0.4 is 14.8 Å².